The minimum absolute atomic E-state index is 0.178. The minimum atomic E-state index is 0.178. The molecule has 1 aromatic heterocycles. The average molecular weight is 336 g/mol. The van der Waals surface area contributed by atoms with Crippen molar-refractivity contribution in [2.75, 3.05) is 26.2 Å². The van der Waals surface area contributed by atoms with Crippen LogP contribution in [-0.4, -0.2) is 36.1 Å². The quantitative estimate of drug-likeness (QED) is 0.925. The normalized spacial score (nSPS) is 17.9. The van der Waals surface area contributed by atoms with E-state index >= 15 is 0 Å². The number of benzene rings is 1. The first kappa shape index (κ1) is 15.8. The Morgan fingerprint density at radius 1 is 0.955 bits per heavy atom. The fourth-order valence-electron chi connectivity index (χ4n) is 2.97. The van der Waals surface area contributed by atoms with Gasteiger partial charge in [0.15, 0.2) is 0 Å². The van der Waals surface area contributed by atoms with Gasteiger partial charge in [0.05, 0.1) is 16.1 Å². The lowest BCUT2D eigenvalue weighted by Gasteiger charge is -2.31. The Kier molecular flexibility index (Phi) is 5.32. The molecule has 1 unspecified atom stereocenters. The van der Waals surface area contributed by atoms with Crippen molar-refractivity contribution >= 4 is 23.2 Å². The second-order valence-corrected chi connectivity index (χ2v) is 6.31. The molecule has 116 valence electrons. The van der Waals surface area contributed by atoms with E-state index in [-0.39, 0.29) is 6.04 Å². The molecule has 1 N–H and O–H groups in total. The zero-order chi connectivity index (χ0) is 15.4. The van der Waals surface area contributed by atoms with Crippen LogP contribution in [0.25, 0.3) is 0 Å². The molecule has 1 fully saturated rings. The first-order valence-corrected chi connectivity index (χ1v) is 8.31. The monoisotopic (exact) mass is 335 g/mol. The van der Waals surface area contributed by atoms with Crippen molar-refractivity contribution in [3.63, 3.8) is 0 Å². The van der Waals surface area contributed by atoms with Gasteiger partial charge in [-0.15, -0.1) is 0 Å². The van der Waals surface area contributed by atoms with Crippen LogP contribution in [0.15, 0.2) is 42.7 Å². The summed E-state index contributed by atoms with van der Waals surface area (Å²) >= 11 is 12.3. The lowest BCUT2D eigenvalue weighted by atomic mass is 9.97. The van der Waals surface area contributed by atoms with Crippen molar-refractivity contribution in [3.05, 3.63) is 63.9 Å². The summed E-state index contributed by atoms with van der Waals surface area (Å²) in [5.74, 6) is 0. The van der Waals surface area contributed by atoms with Crippen LogP contribution in [0, 0.1) is 0 Å². The Morgan fingerprint density at radius 3 is 2.55 bits per heavy atom. The van der Waals surface area contributed by atoms with Gasteiger partial charge in [-0.3, -0.25) is 9.88 Å². The average Bonchev–Trinajstić information content (AvgIpc) is 2.81. The van der Waals surface area contributed by atoms with E-state index in [1.807, 2.05) is 24.5 Å². The summed E-state index contributed by atoms with van der Waals surface area (Å²) in [7, 11) is 0. The van der Waals surface area contributed by atoms with Crippen molar-refractivity contribution in [1.82, 2.24) is 15.2 Å². The molecule has 22 heavy (non-hydrogen) atoms. The summed E-state index contributed by atoms with van der Waals surface area (Å²) < 4.78 is 0. The smallest absolute Gasteiger partial charge is 0.0603 e. The highest BCUT2D eigenvalue weighted by molar-refractivity contribution is 6.42. The lowest BCUT2D eigenvalue weighted by molar-refractivity contribution is 0.241. The van der Waals surface area contributed by atoms with E-state index < -0.39 is 0 Å². The van der Waals surface area contributed by atoms with Crippen LogP contribution < -0.4 is 5.32 Å². The fourth-order valence-corrected chi connectivity index (χ4v) is 3.27. The van der Waals surface area contributed by atoms with Crippen LogP contribution in [0.1, 0.15) is 23.6 Å². The highest BCUT2D eigenvalue weighted by Gasteiger charge is 2.23. The number of nitrogens with zero attached hydrogens (tertiary/aromatic N) is 2. The summed E-state index contributed by atoms with van der Waals surface area (Å²) in [5.41, 5.74) is 2.40. The molecular formula is C17H19Cl2N3. The van der Waals surface area contributed by atoms with Crippen LogP contribution in [-0.2, 0) is 0 Å². The molecule has 3 rings (SSSR count). The number of nitrogens with one attached hydrogen (secondary N) is 1. The molecule has 1 aliphatic heterocycles. The molecule has 3 nitrogen and oxygen atoms in total. The van der Waals surface area contributed by atoms with E-state index in [1.165, 1.54) is 11.1 Å². The number of rotatable bonds is 3. The highest BCUT2D eigenvalue weighted by Crippen LogP contribution is 2.32. The third kappa shape index (κ3) is 3.61. The van der Waals surface area contributed by atoms with Crippen LogP contribution in [0.4, 0.5) is 0 Å². The molecule has 1 atom stereocenters. The van der Waals surface area contributed by atoms with Gasteiger partial charge in [0.2, 0.25) is 0 Å². The summed E-state index contributed by atoms with van der Waals surface area (Å²) in [4.78, 5) is 6.63. The molecule has 2 aromatic rings. The Labute approximate surface area is 141 Å². The molecule has 0 spiro atoms. The summed E-state index contributed by atoms with van der Waals surface area (Å²) in [6.45, 7) is 4.14. The van der Waals surface area contributed by atoms with Gasteiger partial charge in [0.25, 0.3) is 0 Å². The molecule has 5 heteroatoms. The van der Waals surface area contributed by atoms with E-state index in [1.54, 1.807) is 0 Å². The number of aromatic nitrogens is 1. The van der Waals surface area contributed by atoms with E-state index in [2.05, 4.69) is 33.4 Å². The van der Waals surface area contributed by atoms with Gasteiger partial charge in [0, 0.05) is 32.0 Å². The second-order valence-electron chi connectivity index (χ2n) is 5.50. The molecular weight excluding hydrogens is 317 g/mol. The summed E-state index contributed by atoms with van der Waals surface area (Å²) in [6.07, 6.45) is 4.83. The van der Waals surface area contributed by atoms with Gasteiger partial charge < -0.3 is 5.32 Å². The largest absolute Gasteiger partial charge is 0.315 e. The second kappa shape index (κ2) is 7.42. The summed E-state index contributed by atoms with van der Waals surface area (Å²) in [6, 6.07) is 10.3. The molecule has 0 radical (unpaired) electrons. The standard InChI is InChI=1S/C17H19Cl2N3/c18-15-3-2-14(12-16(15)19)17(13-4-7-21-8-5-13)22-10-1-6-20-9-11-22/h2-5,7-8,12,17,20H,1,6,9-11H2. The maximum absolute atomic E-state index is 6.24. The van der Waals surface area contributed by atoms with Crippen LogP contribution in [0.3, 0.4) is 0 Å². The van der Waals surface area contributed by atoms with Gasteiger partial charge in [-0.25, -0.2) is 0 Å². The maximum atomic E-state index is 6.24. The van der Waals surface area contributed by atoms with E-state index in [4.69, 9.17) is 23.2 Å². The first-order chi connectivity index (χ1) is 10.8. The third-order valence-corrected chi connectivity index (χ3v) is 4.76. The lowest BCUT2D eigenvalue weighted by Crippen LogP contribution is -2.33. The molecule has 1 aromatic carbocycles. The molecule has 0 amide bonds. The van der Waals surface area contributed by atoms with Gasteiger partial charge in [-0.05, 0) is 48.4 Å². The van der Waals surface area contributed by atoms with Gasteiger partial charge in [0.1, 0.15) is 0 Å². The third-order valence-electron chi connectivity index (χ3n) is 4.02. The fraction of sp³-hybridized carbons (Fsp3) is 0.353. The zero-order valence-electron chi connectivity index (χ0n) is 12.3. The van der Waals surface area contributed by atoms with Crippen LogP contribution >= 0.6 is 23.2 Å². The van der Waals surface area contributed by atoms with Gasteiger partial charge in [-0.2, -0.15) is 0 Å². The molecule has 1 aliphatic rings. The SMILES string of the molecule is Clc1ccc(C(c2ccncc2)N2CCCNCC2)cc1Cl. The van der Waals surface area contributed by atoms with Crippen molar-refractivity contribution in [1.29, 1.82) is 0 Å². The van der Waals surface area contributed by atoms with Gasteiger partial charge >= 0.3 is 0 Å². The van der Waals surface area contributed by atoms with Gasteiger partial charge in [-0.1, -0.05) is 29.3 Å². The Bertz CT molecular complexity index is 611. The van der Waals surface area contributed by atoms with Crippen molar-refractivity contribution in [2.24, 2.45) is 0 Å². The Balaban J connectivity index is 1.99. The number of halogens is 2. The number of hydrogen-bond donors (Lipinski definition) is 1. The molecule has 0 bridgehead atoms. The predicted molar refractivity (Wildman–Crippen MR) is 91.6 cm³/mol. The molecule has 0 aliphatic carbocycles. The number of pyridine rings is 1. The predicted octanol–water partition coefficient (Wildman–Crippen LogP) is 3.77. The minimum Gasteiger partial charge on any atom is -0.315 e. The Morgan fingerprint density at radius 2 is 1.77 bits per heavy atom. The van der Waals surface area contributed by atoms with E-state index in [0.717, 1.165) is 32.6 Å². The molecule has 0 saturated carbocycles. The zero-order valence-corrected chi connectivity index (χ0v) is 13.8. The summed E-state index contributed by atoms with van der Waals surface area (Å²) in [5, 5.41) is 4.65. The molecule has 2 heterocycles. The highest BCUT2D eigenvalue weighted by atomic mass is 35.5. The first-order valence-electron chi connectivity index (χ1n) is 7.55. The Hall–Kier alpha value is -1.13. The molecule has 1 saturated heterocycles. The number of hydrogen-bond acceptors (Lipinski definition) is 3. The van der Waals surface area contributed by atoms with E-state index in [9.17, 15) is 0 Å². The van der Waals surface area contributed by atoms with Crippen LogP contribution in [0.2, 0.25) is 10.0 Å². The van der Waals surface area contributed by atoms with Crippen molar-refractivity contribution < 1.29 is 0 Å². The van der Waals surface area contributed by atoms with E-state index in [0.29, 0.717) is 10.0 Å². The maximum Gasteiger partial charge on any atom is 0.0603 e. The van der Waals surface area contributed by atoms with Crippen LogP contribution in [0.5, 0.6) is 0 Å². The van der Waals surface area contributed by atoms with Crippen molar-refractivity contribution in [3.8, 4) is 0 Å². The van der Waals surface area contributed by atoms with Crippen molar-refractivity contribution in [2.45, 2.75) is 12.5 Å². The topological polar surface area (TPSA) is 28.2 Å².